The van der Waals surface area contributed by atoms with Crippen molar-refractivity contribution in [2.45, 2.75) is 13.0 Å². The molecule has 88 valence electrons. The van der Waals surface area contributed by atoms with Crippen molar-refractivity contribution >= 4 is 11.6 Å². The van der Waals surface area contributed by atoms with Crippen molar-refractivity contribution in [2.75, 3.05) is 26.0 Å². The summed E-state index contributed by atoms with van der Waals surface area (Å²) in [7, 11) is 3.40. The van der Waals surface area contributed by atoms with E-state index in [4.69, 9.17) is 0 Å². The van der Waals surface area contributed by atoms with Gasteiger partial charge in [-0.1, -0.05) is 0 Å². The maximum atomic E-state index is 12.0. The molecule has 0 aliphatic heterocycles. The van der Waals surface area contributed by atoms with Gasteiger partial charge in [-0.3, -0.25) is 9.78 Å². The van der Waals surface area contributed by atoms with Crippen molar-refractivity contribution < 1.29 is 9.90 Å². The number of amides is 1. The second kappa shape index (κ2) is 5.46. The lowest BCUT2D eigenvalue weighted by molar-refractivity contribution is 0.0704. The summed E-state index contributed by atoms with van der Waals surface area (Å²) in [4.78, 5) is 17.4. The molecule has 1 amide bonds. The van der Waals surface area contributed by atoms with Crippen molar-refractivity contribution in [3.05, 3.63) is 24.0 Å². The molecular weight excluding hydrogens is 206 g/mol. The lowest BCUT2D eigenvalue weighted by Gasteiger charge is -2.20. The van der Waals surface area contributed by atoms with Crippen molar-refractivity contribution in [2.24, 2.45) is 0 Å². The molecule has 0 fully saturated rings. The molecule has 0 saturated heterocycles. The van der Waals surface area contributed by atoms with Gasteiger partial charge in [-0.25, -0.2) is 0 Å². The molecule has 0 spiro atoms. The predicted molar refractivity (Wildman–Crippen MR) is 62.4 cm³/mol. The quantitative estimate of drug-likeness (QED) is 0.783. The maximum absolute atomic E-state index is 12.0. The summed E-state index contributed by atoms with van der Waals surface area (Å²) < 4.78 is 0. The highest BCUT2D eigenvalue weighted by molar-refractivity contribution is 5.99. The Morgan fingerprint density at radius 2 is 2.38 bits per heavy atom. The topological polar surface area (TPSA) is 65.5 Å². The van der Waals surface area contributed by atoms with Crippen LogP contribution in [0.5, 0.6) is 0 Å². The minimum atomic E-state index is -0.533. The van der Waals surface area contributed by atoms with E-state index >= 15 is 0 Å². The lowest BCUT2D eigenvalue weighted by Crippen LogP contribution is -2.33. The van der Waals surface area contributed by atoms with Crippen LogP contribution in [0.15, 0.2) is 18.5 Å². The van der Waals surface area contributed by atoms with Crippen LogP contribution >= 0.6 is 0 Å². The number of rotatable bonds is 4. The molecule has 0 saturated carbocycles. The van der Waals surface area contributed by atoms with E-state index in [1.165, 1.54) is 4.90 Å². The fourth-order valence-corrected chi connectivity index (χ4v) is 1.47. The van der Waals surface area contributed by atoms with E-state index in [1.54, 1.807) is 39.5 Å². The lowest BCUT2D eigenvalue weighted by atomic mass is 10.2. The third-order valence-electron chi connectivity index (χ3n) is 2.21. The first-order valence-corrected chi connectivity index (χ1v) is 5.11. The number of hydrogen-bond donors (Lipinski definition) is 2. The first-order chi connectivity index (χ1) is 7.56. The zero-order valence-electron chi connectivity index (χ0n) is 9.77. The molecule has 5 heteroatoms. The van der Waals surface area contributed by atoms with Crippen molar-refractivity contribution in [3.8, 4) is 0 Å². The van der Waals surface area contributed by atoms with Gasteiger partial charge in [0.1, 0.15) is 0 Å². The van der Waals surface area contributed by atoms with Gasteiger partial charge in [0.05, 0.1) is 23.6 Å². The molecule has 0 aliphatic rings. The summed E-state index contributed by atoms with van der Waals surface area (Å²) in [6, 6.07) is 1.66. The third kappa shape index (κ3) is 2.93. The molecule has 2 N–H and O–H groups in total. The molecule has 5 nitrogen and oxygen atoms in total. The highest BCUT2D eigenvalue weighted by Crippen LogP contribution is 2.14. The number of nitrogens with zero attached hydrogens (tertiary/aromatic N) is 2. The number of hydrogen-bond acceptors (Lipinski definition) is 4. The van der Waals surface area contributed by atoms with E-state index in [0.29, 0.717) is 17.8 Å². The molecule has 1 atom stereocenters. The number of carbonyl (C=O) groups is 1. The van der Waals surface area contributed by atoms with Gasteiger partial charge < -0.3 is 15.3 Å². The smallest absolute Gasteiger partial charge is 0.255 e. The molecule has 0 bridgehead atoms. The van der Waals surface area contributed by atoms with Gasteiger partial charge >= 0.3 is 0 Å². The standard InChI is InChI=1S/C11H17N3O2/c1-8(15)7-14(3)11(16)9-4-5-13-6-10(9)12-2/h4-6,8,12,15H,7H2,1-3H3. The first kappa shape index (κ1) is 12.4. The van der Waals surface area contributed by atoms with E-state index in [1.807, 2.05) is 0 Å². The van der Waals surface area contributed by atoms with Crippen LogP contribution in [0, 0.1) is 0 Å². The first-order valence-electron chi connectivity index (χ1n) is 5.11. The molecule has 1 aromatic heterocycles. The van der Waals surface area contributed by atoms with Crippen LogP contribution < -0.4 is 5.32 Å². The largest absolute Gasteiger partial charge is 0.392 e. The van der Waals surface area contributed by atoms with E-state index in [2.05, 4.69) is 10.3 Å². The summed E-state index contributed by atoms with van der Waals surface area (Å²) in [5.74, 6) is -0.132. The Bertz CT molecular complexity index is 366. The number of aliphatic hydroxyl groups excluding tert-OH is 1. The van der Waals surface area contributed by atoms with E-state index in [0.717, 1.165) is 0 Å². The summed E-state index contributed by atoms with van der Waals surface area (Å²) in [5, 5.41) is 12.1. The molecule has 1 unspecified atom stereocenters. The normalized spacial score (nSPS) is 12.0. The Labute approximate surface area is 95.1 Å². The maximum Gasteiger partial charge on any atom is 0.255 e. The van der Waals surface area contributed by atoms with E-state index < -0.39 is 6.10 Å². The zero-order valence-corrected chi connectivity index (χ0v) is 9.77. The molecule has 1 rings (SSSR count). The minimum Gasteiger partial charge on any atom is -0.392 e. The Balaban J connectivity index is 2.87. The van der Waals surface area contributed by atoms with Gasteiger partial charge in [0.15, 0.2) is 0 Å². The average molecular weight is 223 g/mol. The van der Waals surface area contributed by atoms with Crippen LogP contribution in [-0.4, -0.2) is 47.6 Å². The third-order valence-corrected chi connectivity index (χ3v) is 2.21. The second-order valence-corrected chi connectivity index (χ2v) is 3.71. The zero-order chi connectivity index (χ0) is 12.1. The van der Waals surface area contributed by atoms with Crippen molar-refractivity contribution in [1.82, 2.24) is 9.88 Å². The number of aromatic nitrogens is 1. The second-order valence-electron chi connectivity index (χ2n) is 3.71. The number of aliphatic hydroxyl groups is 1. The van der Waals surface area contributed by atoms with Gasteiger partial charge in [-0.15, -0.1) is 0 Å². The Hall–Kier alpha value is -1.62. The summed E-state index contributed by atoms with van der Waals surface area (Å²) in [5.41, 5.74) is 1.24. The number of likely N-dealkylation sites (N-methyl/N-ethyl adjacent to an activating group) is 1. The average Bonchev–Trinajstić information content (AvgIpc) is 2.27. The Morgan fingerprint density at radius 1 is 1.69 bits per heavy atom. The molecule has 0 aliphatic carbocycles. The number of pyridine rings is 1. The van der Waals surface area contributed by atoms with Crippen LogP contribution in [0.4, 0.5) is 5.69 Å². The van der Waals surface area contributed by atoms with Crippen LogP contribution in [0.3, 0.4) is 0 Å². The Morgan fingerprint density at radius 3 is 2.94 bits per heavy atom. The predicted octanol–water partition coefficient (Wildman–Crippen LogP) is 0.576. The molecule has 0 radical (unpaired) electrons. The van der Waals surface area contributed by atoms with Crippen LogP contribution in [-0.2, 0) is 0 Å². The monoisotopic (exact) mass is 223 g/mol. The highest BCUT2D eigenvalue weighted by Gasteiger charge is 2.16. The summed E-state index contributed by atoms with van der Waals surface area (Å²) in [6.45, 7) is 1.96. The molecule has 0 aromatic carbocycles. The molecule has 1 aromatic rings. The highest BCUT2D eigenvalue weighted by atomic mass is 16.3. The van der Waals surface area contributed by atoms with Gasteiger partial charge in [0.25, 0.3) is 5.91 Å². The summed E-state index contributed by atoms with van der Waals surface area (Å²) in [6.07, 6.45) is 2.64. The van der Waals surface area contributed by atoms with Crippen molar-refractivity contribution in [1.29, 1.82) is 0 Å². The van der Waals surface area contributed by atoms with E-state index in [-0.39, 0.29) is 5.91 Å². The van der Waals surface area contributed by atoms with Crippen LogP contribution in [0.25, 0.3) is 0 Å². The van der Waals surface area contributed by atoms with Crippen molar-refractivity contribution in [3.63, 3.8) is 0 Å². The van der Waals surface area contributed by atoms with Gasteiger partial charge in [-0.05, 0) is 13.0 Å². The van der Waals surface area contributed by atoms with Gasteiger partial charge in [0, 0.05) is 26.8 Å². The number of anilines is 1. The van der Waals surface area contributed by atoms with E-state index in [9.17, 15) is 9.90 Å². The SMILES string of the molecule is CNc1cnccc1C(=O)N(C)CC(C)O. The van der Waals surface area contributed by atoms with Gasteiger partial charge in [0.2, 0.25) is 0 Å². The molecule has 16 heavy (non-hydrogen) atoms. The molecular formula is C11H17N3O2. The number of nitrogens with one attached hydrogen (secondary N) is 1. The molecule has 1 heterocycles. The van der Waals surface area contributed by atoms with Gasteiger partial charge in [-0.2, -0.15) is 0 Å². The Kier molecular flexibility index (Phi) is 4.25. The van der Waals surface area contributed by atoms with Crippen LogP contribution in [0.2, 0.25) is 0 Å². The fourth-order valence-electron chi connectivity index (χ4n) is 1.47. The number of carbonyl (C=O) groups excluding carboxylic acids is 1. The minimum absolute atomic E-state index is 0.132. The fraction of sp³-hybridized carbons (Fsp3) is 0.455. The van der Waals surface area contributed by atoms with Crippen LogP contribution in [0.1, 0.15) is 17.3 Å². The summed E-state index contributed by atoms with van der Waals surface area (Å²) >= 11 is 0.